The van der Waals surface area contributed by atoms with E-state index in [-0.39, 0.29) is 6.42 Å². The maximum atomic E-state index is 11.3. The van der Waals surface area contributed by atoms with E-state index in [4.69, 9.17) is 10.2 Å². The van der Waals surface area contributed by atoms with Gasteiger partial charge in [-0.25, -0.2) is 4.79 Å². The van der Waals surface area contributed by atoms with Crippen molar-refractivity contribution >= 4 is 17.9 Å². The zero-order chi connectivity index (χ0) is 16.8. The zero-order valence-corrected chi connectivity index (χ0v) is 13.4. The van der Waals surface area contributed by atoms with E-state index in [2.05, 4.69) is 11.7 Å². The maximum absolute atomic E-state index is 11.3. The van der Waals surface area contributed by atoms with Crippen molar-refractivity contribution in [1.82, 2.24) is 0 Å². The molecule has 0 saturated carbocycles. The van der Waals surface area contributed by atoms with Crippen LogP contribution >= 0.6 is 0 Å². The highest BCUT2D eigenvalue weighted by molar-refractivity contribution is 5.88. The Morgan fingerprint density at radius 3 is 1.86 bits per heavy atom. The van der Waals surface area contributed by atoms with Gasteiger partial charge in [-0.1, -0.05) is 58.3 Å². The molecule has 0 fully saturated rings. The van der Waals surface area contributed by atoms with Gasteiger partial charge in [-0.2, -0.15) is 0 Å². The number of carboxylic acid groups (broad SMARTS) is 1. The summed E-state index contributed by atoms with van der Waals surface area (Å²) >= 11 is 0. The zero-order valence-electron chi connectivity index (χ0n) is 13.4. The van der Waals surface area contributed by atoms with Crippen LogP contribution in [-0.2, 0) is 19.1 Å². The number of rotatable bonds is 13. The van der Waals surface area contributed by atoms with Crippen molar-refractivity contribution in [3.63, 3.8) is 0 Å². The summed E-state index contributed by atoms with van der Waals surface area (Å²) in [5, 5.41) is 17.4. The molecule has 0 rings (SSSR count). The topological polar surface area (TPSA) is 101 Å². The minimum atomic E-state index is -1.83. The first-order valence-corrected chi connectivity index (χ1v) is 8.11. The lowest BCUT2D eigenvalue weighted by molar-refractivity contribution is -0.164. The molecule has 1 unspecified atom stereocenters. The van der Waals surface area contributed by atoms with Crippen LogP contribution in [0.1, 0.15) is 77.6 Å². The minimum absolute atomic E-state index is 0.144. The number of aliphatic hydroxyl groups excluding tert-OH is 1. The van der Waals surface area contributed by atoms with Crippen molar-refractivity contribution in [2.75, 3.05) is 0 Å². The standard InChI is InChI=1S/C16H28O6/c1-2-3-4-5-6-7-8-9-10-11-14(18)22-15(19)12-13(17)16(20)21/h13,17H,2-12H2,1H3,(H,20,21). The molecule has 0 aromatic rings. The molecule has 2 N–H and O–H groups in total. The molecule has 0 spiro atoms. The van der Waals surface area contributed by atoms with Crippen molar-refractivity contribution in [3.8, 4) is 0 Å². The van der Waals surface area contributed by atoms with Crippen LogP contribution in [0, 0.1) is 0 Å². The van der Waals surface area contributed by atoms with Crippen molar-refractivity contribution in [3.05, 3.63) is 0 Å². The van der Waals surface area contributed by atoms with Crippen LogP contribution in [0.25, 0.3) is 0 Å². The molecule has 1 atom stereocenters. The first kappa shape index (κ1) is 20.6. The lowest BCUT2D eigenvalue weighted by atomic mass is 10.1. The van der Waals surface area contributed by atoms with E-state index in [0.717, 1.165) is 19.3 Å². The molecule has 128 valence electrons. The smallest absolute Gasteiger partial charge is 0.333 e. The van der Waals surface area contributed by atoms with E-state index in [9.17, 15) is 14.4 Å². The number of carboxylic acids is 1. The number of hydrogen-bond donors (Lipinski definition) is 2. The van der Waals surface area contributed by atoms with Gasteiger partial charge in [-0.15, -0.1) is 0 Å². The summed E-state index contributed by atoms with van der Waals surface area (Å²) in [5.41, 5.74) is 0. The Kier molecular flexibility index (Phi) is 12.4. The predicted octanol–water partition coefficient (Wildman–Crippen LogP) is 2.81. The third kappa shape index (κ3) is 12.3. The molecule has 0 amide bonds. The van der Waals surface area contributed by atoms with Gasteiger partial charge in [-0.3, -0.25) is 9.59 Å². The lowest BCUT2D eigenvalue weighted by Gasteiger charge is -2.05. The molecule has 6 nitrogen and oxygen atoms in total. The Morgan fingerprint density at radius 2 is 1.36 bits per heavy atom. The summed E-state index contributed by atoms with van der Waals surface area (Å²) in [6.45, 7) is 2.19. The SMILES string of the molecule is CCCCCCCCCCCC(=O)OC(=O)CC(O)C(=O)O. The summed E-state index contributed by atoms with van der Waals surface area (Å²) in [7, 11) is 0. The van der Waals surface area contributed by atoms with Gasteiger partial charge in [-0.05, 0) is 6.42 Å². The largest absolute Gasteiger partial charge is 0.479 e. The van der Waals surface area contributed by atoms with E-state index in [1.807, 2.05) is 0 Å². The third-order valence-corrected chi connectivity index (χ3v) is 3.36. The Morgan fingerprint density at radius 1 is 0.864 bits per heavy atom. The predicted molar refractivity (Wildman–Crippen MR) is 81.2 cm³/mol. The Balaban J connectivity index is 3.50. The molecule has 0 bridgehead atoms. The number of unbranched alkanes of at least 4 members (excludes halogenated alkanes) is 8. The second kappa shape index (κ2) is 13.2. The van der Waals surface area contributed by atoms with Crippen LogP contribution in [0.5, 0.6) is 0 Å². The van der Waals surface area contributed by atoms with Gasteiger partial charge in [0.15, 0.2) is 6.10 Å². The first-order valence-electron chi connectivity index (χ1n) is 8.11. The van der Waals surface area contributed by atoms with Gasteiger partial charge in [0.1, 0.15) is 0 Å². The summed E-state index contributed by atoms with van der Waals surface area (Å²) in [6.07, 6.45) is 7.68. The van der Waals surface area contributed by atoms with Gasteiger partial charge >= 0.3 is 17.9 Å². The summed E-state index contributed by atoms with van der Waals surface area (Å²) in [6, 6.07) is 0. The Bertz CT molecular complexity index is 340. The number of ether oxygens (including phenoxy) is 1. The van der Waals surface area contributed by atoms with Crippen LogP contribution in [-0.4, -0.2) is 34.2 Å². The molecule has 0 aliphatic carbocycles. The minimum Gasteiger partial charge on any atom is -0.479 e. The lowest BCUT2D eigenvalue weighted by Crippen LogP contribution is -2.25. The van der Waals surface area contributed by atoms with Crippen LogP contribution in [0.3, 0.4) is 0 Å². The number of carbonyl (C=O) groups excluding carboxylic acids is 2. The molecule has 22 heavy (non-hydrogen) atoms. The van der Waals surface area contributed by atoms with Crippen LogP contribution in [0.15, 0.2) is 0 Å². The Labute approximate surface area is 131 Å². The monoisotopic (exact) mass is 316 g/mol. The number of aliphatic carboxylic acids is 1. The van der Waals surface area contributed by atoms with Crippen molar-refractivity contribution in [1.29, 1.82) is 0 Å². The quantitative estimate of drug-likeness (QED) is 0.308. The van der Waals surface area contributed by atoms with Crippen LogP contribution in [0.2, 0.25) is 0 Å². The number of carbonyl (C=O) groups is 3. The molecule has 0 aromatic heterocycles. The normalized spacial score (nSPS) is 11.9. The number of esters is 2. The average Bonchev–Trinajstić information content (AvgIpc) is 2.45. The number of hydrogen-bond acceptors (Lipinski definition) is 5. The number of aliphatic hydroxyl groups is 1. The highest BCUT2D eigenvalue weighted by atomic mass is 16.6. The molecule has 0 saturated heterocycles. The van der Waals surface area contributed by atoms with Gasteiger partial charge < -0.3 is 14.9 Å². The second-order valence-electron chi connectivity index (χ2n) is 5.48. The highest BCUT2D eigenvalue weighted by Gasteiger charge is 2.20. The summed E-state index contributed by atoms with van der Waals surface area (Å²) in [4.78, 5) is 32.8. The van der Waals surface area contributed by atoms with Crippen LogP contribution in [0.4, 0.5) is 0 Å². The van der Waals surface area contributed by atoms with E-state index < -0.39 is 30.4 Å². The van der Waals surface area contributed by atoms with Crippen molar-refractivity contribution in [2.45, 2.75) is 83.7 Å². The second-order valence-corrected chi connectivity index (χ2v) is 5.48. The van der Waals surface area contributed by atoms with Crippen molar-refractivity contribution < 1.29 is 29.3 Å². The first-order chi connectivity index (χ1) is 10.5. The molecular formula is C16H28O6. The fourth-order valence-electron chi connectivity index (χ4n) is 2.04. The van der Waals surface area contributed by atoms with Gasteiger partial charge in [0.2, 0.25) is 0 Å². The maximum Gasteiger partial charge on any atom is 0.333 e. The fourth-order valence-corrected chi connectivity index (χ4v) is 2.04. The molecule has 6 heteroatoms. The summed E-state index contributed by atoms with van der Waals surface area (Å²) < 4.78 is 4.44. The molecule has 0 radical (unpaired) electrons. The van der Waals surface area contributed by atoms with Crippen molar-refractivity contribution in [2.24, 2.45) is 0 Å². The van der Waals surface area contributed by atoms with Crippen LogP contribution < -0.4 is 0 Å². The van der Waals surface area contributed by atoms with E-state index in [1.165, 1.54) is 32.1 Å². The van der Waals surface area contributed by atoms with E-state index in [1.54, 1.807) is 0 Å². The van der Waals surface area contributed by atoms with Gasteiger partial charge in [0, 0.05) is 6.42 Å². The summed E-state index contributed by atoms with van der Waals surface area (Å²) in [5.74, 6) is -3.18. The third-order valence-electron chi connectivity index (χ3n) is 3.36. The van der Waals surface area contributed by atoms with E-state index in [0.29, 0.717) is 6.42 Å². The molecule has 0 heterocycles. The molecular weight excluding hydrogens is 288 g/mol. The molecule has 0 aliphatic rings. The average molecular weight is 316 g/mol. The molecule has 0 aromatic carbocycles. The molecule has 0 aliphatic heterocycles. The van der Waals surface area contributed by atoms with Gasteiger partial charge in [0.25, 0.3) is 0 Å². The fraction of sp³-hybridized carbons (Fsp3) is 0.812. The Hall–Kier alpha value is -1.43. The van der Waals surface area contributed by atoms with Gasteiger partial charge in [0.05, 0.1) is 6.42 Å². The van der Waals surface area contributed by atoms with E-state index >= 15 is 0 Å². The highest BCUT2D eigenvalue weighted by Crippen LogP contribution is 2.11.